The summed E-state index contributed by atoms with van der Waals surface area (Å²) in [5, 5.41) is 13.5. The first-order chi connectivity index (χ1) is 14.6. The molecule has 0 aliphatic heterocycles. The van der Waals surface area contributed by atoms with Crippen molar-refractivity contribution < 1.29 is 13.3 Å². The molecule has 2 aromatic carbocycles. The Labute approximate surface area is 176 Å². The maximum Gasteiger partial charge on any atom is 0.192 e. The topological polar surface area (TPSA) is 56.7 Å². The zero-order valence-corrected chi connectivity index (χ0v) is 17.0. The summed E-state index contributed by atoms with van der Waals surface area (Å²) in [6.45, 7) is 1.93. The summed E-state index contributed by atoms with van der Waals surface area (Å²) in [4.78, 5) is 0. The van der Waals surface area contributed by atoms with E-state index in [9.17, 15) is 8.78 Å². The molecule has 5 nitrogen and oxygen atoms in total. The molecule has 0 radical (unpaired) electrons. The van der Waals surface area contributed by atoms with E-state index >= 15 is 0 Å². The predicted octanol–water partition coefficient (Wildman–Crippen LogP) is 5.81. The van der Waals surface area contributed by atoms with E-state index in [4.69, 9.17) is 4.52 Å². The van der Waals surface area contributed by atoms with E-state index in [1.807, 2.05) is 11.5 Å². The molecule has 5 rings (SSSR count). The van der Waals surface area contributed by atoms with Crippen molar-refractivity contribution >= 4 is 11.8 Å². The number of hydrogen-bond acceptors (Lipinski definition) is 5. The van der Waals surface area contributed by atoms with Gasteiger partial charge in [0.05, 0.1) is 11.3 Å². The number of benzene rings is 2. The van der Waals surface area contributed by atoms with Crippen molar-refractivity contribution in [2.24, 2.45) is 0 Å². The van der Waals surface area contributed by atoms with Crippen LogP contribution in [-0.2, 0) is 5.75 Å². The quantitative estimate of drug-likeness (QED) is 0.365. The first-order valence-electron chi connectivity index (χ1n) is 9.65. The minimum Gasteiger partial charge on any atom is -0.356 e. The minimum atomic E-state index is -0.306. The van der Waals surface area contributed by atoms with Gasteiger partial charge in [-0.05, 0) is 56.2 Å². The lowest BCUT2D eigenvalue weighted by atomic mass is 10.1. The summed E-state index contributed by atoms with van der Waals surface area (Å²) in [7, 11) is 0. The highest BCUT2D eigenvalue weighted by atomic mass is 32.2. The van der Waals surface area contributed by atoms with Gasteiger partial charge in [-0.15, -0.1) is 10.2 Å². The third-order valence-corrected chi connectivity index (χ3v) is 6.11. The van der Waals surface area contributed by atoms with Gasteiger partial charge in [0.1, 0.15) is 11.6 Å². The molecule has 1 fully saturated rings. The third-order valence-electron chi connectivity index (χ3n) is 5.16. The van der Waals surface area contributed by atoms with Gasteiger partial charge >= 0.3 is 0 Å². The van der Waals surface area contributed by atoms with Crippen LogP contribution in [0.2, 0.25) is 0 Å². The van der Waals surface area contributed by atoms with E-state index in [1.54, 1.807) is 30.3 Å². The maximum absolute atomic E-state index is 14.3. The standard InChI is InChI=1S/C22H18F2N4OS/c1-13-19(27-29-20(13)14-6-8-15(23)9-7-14)12-30-22-26-25-21(28(22)16-10-11-16)17-4-2-3-5-18(17)24/h2-9,16H,10-12H2,1H3. The predicted molar refractivity (Wildman–Crippen MR) is 110 cm³/mol. The van der Waals surface area contributed by atoms with Gasteiger partial charge in [0.2, 0.25) is 0 Å². The average Bonchev–Trinajstić information content (AvgIpc) is 3.40. The summed E-state index contributed by atoms with van der Waals surface area (Å²) in [5.41, 5.74) is 2.93. The molecular weight excluding hydrogens is 406 g/mol. The highest BCUT2D eigenvalue weighted by Gasteiger charge is 2.31. The van der Waals surface area contributed by atoms with Crippen LogP contribution in [0.1, 0.15) is 30.1 Å². The molecule has 0 saturated heterocycles. The van der Waals surface area contributed by atoms with Crippen molar-refractivity contribution in [3.05, 3.63) is 71.4 Å². The second kappa shape index (κ2) is 7.68. The van der Waals surface area contributed by atoms with Gasteiger partial charge in [0, 0.05) is 22.9 Å². The number of rotatable bonds is 6. The van der Waals surface area contributed by atoms with Crippen LogP contribution in [0.5, 0.6) is 0 Å². The fourth-order valence-electron chi connectivity index (χ4n) is 3.37. The second-order valence-electron chi connectivity index (χ2n) is 7.27. The van der Waals surface area contributed by atoms with E-state index in [-0.39, 0.29) is 11.6 Å². The van der Waals surface area contributed by atoms with Crippen LogP contribution in [0.3, 0.4) is 0 Å². The molecule has 0 N–H and O–H groups in total. The first kappa shape index (κ1) is 19.0. The molecule has 0 unspecified atom stereocenters. The van der Waals surface area contributed by atoms with Gasteiger partial charge in [0.25, 0.3) is 0 Å². The SMILES string of the molecule is Cc1c(CSc2nnc(-c3ccccc3F)n2C2CC2)noc1-c1ccc(F)cc1. The second-order valence-corrected chi connectivity index (χ2v) is 8.21. The maximum atomic E-state index is 14.3. The molecule has 2 heterocycles. The molecule has 0 amide bonds. The summed E-state index contributed by atoms with van der Waals surface area (Å²) >= 11 is 1.50. The zero-order valence-electron chi connectivity index (χ0n) is 16.2. The Morgan fingerprint density at radius 2 is 1.83 bits per heavy atom. The molecule has 0 atom stereocenters. The first-order valence-corrected chi connectivity index (χ1v) is 10.6. The molecular formula is C22H18F2N4OS. The molecule has 1 aliphatic rings. The lowest BCUT2D eigenvalue weighted by Gasteiger charge is -2.09. The van der Waals surface area contributed by atoms with Crippen molar-refractivity contribution in [2.45, 2.75) is 36.7 Å². The van der Waals surface area contributed by atoms with Gasteiger partial charge in [-0.2, -0.15) is 0 Å². The van der Waals surface area contributed by atoms with E-state index in [1.165, 1.54) is 30.0 Å². The Balaban J connectivity index is 1.40. The molecule has 1 saturated carbocycles. The number of halogens is 2. The van der Waals surface area contributed by atoms with Gasteiger partial charge in [-0.1, -0.05) is 29.1 Å². The van der Waals surface area contributed by atoms with E-state index in [0.29, 0.717) is 28.9 Å². The molecule has 8 heteroatoms. The van der Waals surface area contributed by atoms with Crippen LogP contribution in [-0.4, -0.2) is 19.9 Å². The summed E-state index contributed by atoms with van der Waals surface area (Å²) in [6.07, 6.45) is 2.06. The Bertz CT molecular complexity index is 1200. The molecule has 0 spiro atoms. The molecule has 1 aliphatic carbocycles. The van der Waals surface area contributed by atoms with Crippen molar-refractivity contribution in [3.63, 3.8) is 0 Å². The van der Waals surface area contributed by atoms with Crippen LogP contribution in [0.4, 0.5) is 8.78 Å². The van der Waals surface area contributed by atoms with Gasteiger partial charge in [-0.3, -0.25) is 4.57 Å². The minimum absolute atomic E-state index is 0.295. The van der Waals surface area contributed by atoms with Crippen molar-refractivity contribution in [1.82, 2.24) is 19.9 Å². The third kappa shape index (κ3) is 3.52. The van der Waals surface area contributed by atoms with E-state index in [2.05, 4.69) is 15.4 Å². The summed E-state index contributed by atoms with van der Waals surface area (Å²) < 4.78 is 35.0. The van der Waals surface area contributed by atoms with Crippen molar-refractivity contribution in [3.8, 4) is 22.7 Å². The van der Waals surface area contributed by atoms with Gasteiger partial charge in [0.15, 0.2) is 16.7 Å². The molecule has 4 aromatic rings. The summed E-state index contributed by atoms with van der Waals surface area (Å²) in [6, 6.07) is 13.1. The fourth-order valence-corrected chi connectivity index (χ4v) is 4.38. The van der Waals surface area contributed by atoms with Crippen LogP contribution in [0.15, 0.2) is 58.2 Å². The number of aromatic nitrogens is 4. The number of hydrogen-bond donors (Lipinski definition) is 0. The number of nitrogens with zero attached hydrogens (tertiary/aromatic N) is 4. The van der Waals surface area contributed by atoms with Crippen LogP contribution < -0.4 is 0 Å². The van der Waals surface area contributed by atoms with Crippen LogP contribution in [0.25, 0.3) is 22.7 Å². The van der Waals surface area contributed by atoms with Crippen LogP contribution >= 0.6 is 11.8 Å². The smallest absolute Gasteiger partial charge is 0.192 e. The normalized spacial score (nSPS) is 13.7. The Hall–Kier alpha value is -3.00. The molecule has 152 valence electrons. The monoisotopic (exact) mass is 424 g/mol. The van der Waals surface area contributed by atoms with Crippen molar-refractivity contribution in [2.75, 3.05) is 0 Å². The highest BCUT2D eigenvalue weighted by molar-refractivity contribution is 7.98. The lowest BCUT2D eigenvalue weighted by Crippen LogP contribution is -2.01. The largest absolute Gasteiger partial charge is 0.356 e. The van der Waals surface area contributed by atoms with E-state index in [0.717, 1.165) is 34.8 Å². The summed E-state index contributed by atoms with van der Waals surface area (Å²) in [5.74, 6) is 1.12. The molecule has 2 aromatic heterocycles. The van der Waals surface area contributed by atoms with E-state index < -0.39 is 0 Å². The lowest BCUT2D eigenvalue weighted by molar-refractivity contribution is 0.426. The Kier molecular flexibility index (Phi) is 4.86. The van der Waals surface area contributed by atoms with Crippen LogP contribution in [0, 0.1) is 18.6 Å². The van der Waals surface area contributed by atoms with Gasteiger partial charge < -0.3 is 4.52 Å². The highest BCUT2D eigenvalue weighted by Crippen LogP contribution is 2.42. The number of thioether (sulfide) groups is 1. The molecule has 0 bridgehead atoms. The Morgan fingerprint density at radius 3 is 2.57 bits per heavy atom. The zero-order chi connectivity index (χ0) is 20.7. The molecule has 30 heavy (non-hydrogen) atoms. The average molecular weight is 424 g/mol. The fraction of sp³-hybridized carbons (Fsp3) is 0.227. The Morgan fingerprint density at radius 1 is 1.07 bits per heavy atom. The van der Waals surface area contributed by atoms with Crippen molar-refractivity contribution in [1.29, 1.82) is 0 Å². The van der Waals surface area contributed by atoms with Gasteiger partial charge in [-0.25, -0.2) is 8.78 Å².